The SMILES string of the molecule is Nc1cnn(CC2CCNCC2)n1. The minimum Gasteiger partial charge on any atom is -0.381 e. The maximum Gasteiger partial charge on any atom is 0.165 e. The predicted molar refractivity (Wildman–Crippen MR) is 50.0 cm³/mol. The van der Waals surface area contributed by atoms with Crippen LogP contribution in [0.25, 0.3) is 0 Å². The molecule has 1 aliphatic rings. The minimum atomic E-state index is 0.508. The van der Waals surface area contributed by atoms with Gasteiger partial charge in [0.15, 0.2) is 5.82 Å². The van der Waals surface area contributed by atoms with Gasteiger partial charge < -0.3 is 11.1 Å². The van der Waals surface area contributed by atoms with Crippen LogP contribution in [-0.2, 0) is 6.54 Å². The van der Waals surface area contributed by atoms with E-state index in [1.807, 2.05) is 0 Å². The summed E-state index contributed by atoms with van der Waals surface area (Å²) in [5.74, 6) is 1.21. The molecule has 72 valence electrons. The Morgan fingerprint density at radius 1 is 1.54 bits per heavy atom. The largest absolute Gasteiger partial charge is 0.381 e. The minimum absolute atomic E-state index is 0.508. The van der Waals surface area contributed by atoms with Gasteiger partial charge in [-0.25, -0.2) is 0 Å². The molecule has 0 atom stereocenters. The Morgan fingerprint density at radius 3 is 2.92 bits per heavy atom. The molecule has 2 rings (SSSR count). The molecule has 1 aromatic heterocycles. The number of nitrogens with one attached hydrogen (secondary N) is 1. The highest BCUT2D eigenvalue weighted by Crippen LogP contribution is 2.13. The second-order valence-electron chi connectivity index (χ2n) is 3.52. The molecule has 5 heteroatoms. The molecule has 5 nitrogen and oxygen atoms in total. The van der Waals surface area contributed by atoms with Gasteiger partial charge in [0.25, 0.3) is 0 Å². The average molecular weight is 181 g/mol. The molecule has 1 aliphatic heterocycles. The fourth-order valence-electron chi connectivity index (χ4n) is 1.69. The van der Waals surface area contributed by atoms with Crippen molar-refractivity contribution < 1.29 is 0 Å². The Morgan fingerprint density at radius 2 is 2.31 bits per heavy atom. The van der Waals surface area contributed by atoms with Gasteiger partial charge in [0.05, 0.1) is 12.7 Å². The van der Waals surface area contributed by atoms with Crippen molar-refractivity contribution in [1.29, 1.82) is 0 Å². The molecule has 0 aliphatic carbocycles. The summed E-state index contributed by atoms with van der Waals surface area (Å²) in [4.78, 5) is 1.70. The van der Waals surface area contributed by atoms with E-state index >= 15 is 0 Å². The van der Waals surface area contributed by atoms with Crippen LogP contribution in [0.2, 0.25) is 0 Å². The molecular formula is C8H15N5. The standard InChI is InChI=1S/C8H15N5/c9-8-5-11-13(12-8)6-7-1-3-10-4-2-7/h5,7,10H,1-4,6H2,(H2,9,12). The van der Waals surface area contributed by atoms with Crippen LogP contribution in [0.5, 0.6) is 0 Å². The number of piperidine rings is 1. The third kappa shape index (κ3) is 2.18. The van der Waals surface area contributed by atoms with Crippen molar-refractivity contribution in [3.63, 3.8) is 0 Å². The highest BCUT2D eigenvalue weighted by Gasteiger charge is 2.14. The molecule has 0 saturated carbocycles. The van der Waals surface area contributed by atoms with Gasteiger partial charge >= 0.3 is 0 Å². The van der Waals surface area contributed by atoms with Crippen LogP contribution in [-0.4, -0.2) is 28.1 Å². The molecule has 2 heterocycles. The van der Waals surface area contributed by atoms with Crippen LogP contribution >= 0.6 is 0 Å². The number of hydrogen-bond donors (Lipinski definition) is 2. The molecule has 0 unspecified atom stereocenters. The Hall–Kier alpha value is -1.10. The quantitative estimate of drug-likeness (QED) is 0.666. The normalized spacial score (nSPS) is 19.1. The van der Waals surface area contributed by atoms with Gasteiger partial charge in [0, 0.05) is 0 Å². The first-order valence-corrected chi connectivity index (χ1v) is 4.71. The summed E-state index contributed by atoms with van der Waals surface area (Å²) < 4.78 is 0. The van der Waals surface area contributed by atoms with Crippen LogP contribution in [0.15, 0.2) is 6.20 Å². The van der Waals surface area contributed by atoms with Crippen molar-refractivity contribution in [2.24, 2.45) is 5.92 Å². The molecule has 13 heavy (non-hydrogen) atoms. The van der Waals surface area contributed by atoms with Crippen molar-refractivity contribution in [2.75, 3.05) is 18.8 Å². The van der Waals surface area contributed by atoms with Crippen LogP contribution in [0, 0.1) is 5.92 Å². The summed E-state index contributed by atoms with van der Waals surface area (Å²) >= 11 is 0. The first-order chi connectivity index (χ1) is 6.34. The summed E-state index contributed by atoms with van der Waals surface area (Å²) in [5.41, 5.74) is 5.48. The Bertz CT molecular complexity index is 263. The van der Waals surface area contributed by atoms with E-state index in [4.69, 9.17) is 5.73 Å². The third-order valence-corrected chi connectivity index (χ3v) is 2.43. The van der Waals surface area contributed by atoms with Crippen molar-refractivity contribution >= 4 is 5.82 Å². The van der Waals surface area contributed by atoms with Crippen LogP contribution in [0.4, 0.5) is 5.82 Å². The topological polar surface area (TPSA) is 68.8 Å². The zero-order valence-corrected chi connectivity index (χ0v) is 7.61. The van der Waals surface area contributed by atoms with E-state index in [0.717, 1.165) is 19.6 Å². The van der Waals surface area contributed by atoms with E-state index in [2.05, 4.69) is 15.5 Å². The Labute approximate surface area is 77.3 Å². The van der Waals surface area contributed by atoms with Gasteiger partial charge in [-0.2, -0.15) is 9.90 Å². The fraction of sp³-hybridized carbons (Fsp3) is 0.750. The van der Waals surface area contributed by atoms with Crippen LogP contribution < -0.4 is 11.1 Å². The average Bonchev–Trinajstić information content (AvgIpc) is 2.53. The van der Waals surface area contributed by atoms with E-state index < -0.39 is 0 Å². The molecule has 1 fully saturated rings. The Balaban J connectivity index is 1.89. The van der Waals surface area contributed by atoms with Gasteiger partial charge in [-0.05, 0) is 31.8 Å². The molecule has 0 radical (unpaired) electrons. The lowest BCUT2D eigenvalue weighted by molar-refractivity contribution is 0.306. The maximum atomic E-state index is 5.48. The molecule has 3 N–H and O–H groups in total. The number of aromatic nitrogens is 3. The summed E-state index contributed by atoms with van der Waals surface area (Å²) in [5, 5.41) is 11.5. The number of nitrogens with two attached hydrogens (primary N) is 1. The van der Waals surface area contributed by atoms with Gasteiger partial charge in [0.2, 0.25) is 0 Å². The third-order valence-electron chi connectivity index (χ3n) is 2.43. The van der Waals surface area contributed by atoms with Crippen LogP contribution in [0.3, 0.4) is 0 Å². The highest BCUT2D eigenvalue weighted by atomic mass is 15.5. The zero-order chi connectivity index (χ0) is 9.10. The van der Waals surface area contributed by atoms with Gasteiger partial charge in [-0.15, -0.1) is 5.10 Å². The van der Waals surface area contributed by atoms with Gasteiger partial charge in [0.1, 0.15) is 0 Å². The molecular weight excluding hydrogens is 166 g/mol. The fourth-order valence-corrected chi connectivity index (χ4v) is 1.69. The number of nitrogen functional groups attached to an aromatic ring is 1. The highest BCUT2D eigenvalue weighted by molar-refractivity contribution is 5.19. The maximum absolute atomic E-state index is 5.48. The number of hydrogen-bond acceptors (Lipinski definition) is 4. The number of anilines is 1. The summed E-state index contributed by atoms with van der Waals surface area (Å²) in [6.45, 7) is 3.13. The second-order valence-corrected chi connectivity index (χ2v) is 3.52. The van der Waals surface area contributed by atoms with Crippen molar-refractivity contribution in [2.45, 2.75) is 19.4 Å². The zero-order valence-electron chi connectivity index (χ0n) is 7.61. The Kier molecular flexibility index (Phi) is 2.44. The van der Waals surface area contributed by atoms with Crippen molar-refractivity contribution in [3.8, 4) is 0 Å². The first-order valence-electron chi connectivity index (χ1n) is 4.71. The van der Waals surface area contributed by atoms with Gasteiger partial charge in [-0.3, -0.25) is 0 Å². The smallest absolute Gasteiger partial charge is 0.165 e. The molecule has 0 aromatic carbocycles. The van der Waals surface area contributed by atoms with Crippen molar-refractivity contribution in [3.05, 3.63) is 6.20 Å². The first kappa shape index (κ1) is 8.50. The van der Waals surface area contributed by atoms with Crippen LogP contribution in [0.1, 0.15) is 12.8 Å². The van der Waals surface area contributed by atoms with E-state index in [-0.39, 0.29) is 0 Å². The monoisotopic (exact) mass is 181 g/mol. The van der Waals surface area contributed by atoms with Gasteiger partial charge in [-0.1, -0.05) is 0 Å². The number of nitrogens with zero attached hydrogens (tertiary/aromatic N) is 3. The lowest BCUT2D eigenvalue weighted by Gasteiger charge is -2.21. The lowest BCUT2D eigenvalue weighted by atomic mass is 9.99. The van der Waals surface area contributed by atoms with E-state index in [1.165, 1.54) is 12.8 Å². The molecule has 1 saturated heterocycles. The molecule has 1 aromatic rings. The summed E-state index contributed by atoms with van der Waals surface area (Å²) in [6, 6.07) is 0. The number of rotatable bonds is 2. The molecule has 0 spiro atoms. The summed E-state index contributed by atoms with van der Waals surface area (Å²) in [7, 11) is 0. The second kappa shape index (κ2) is 3.74. The van der Waals surface area contributed by atoms with E-state index in [1.54, 1.807) is 11.0 Å². The van der Waals surface area contributed by atoms with Crippen molar-refractivity contribution in [1.82, 2.24) is 20.3 Å². The summed E-state index contributed by atoms with van der Waals surface area (Å²) in [6.07, 6.45) is 4.02. The van der Waals surface area contributed by atoms with E-state index in [0.29, 0.717) is 11.7 Å². The molecule has 0 amide bonds. The molecule has 0 bridgehead atoms. The predicted octanol–water partition coefficient (Wildman–Crippen LogP) is -0.140. The lowest BCUT2D eigenvalue weighted by Crippen LogP contribution is -2.30. The van der Waals surface area contributed by atoms with E-state index in [9.17, 15) is 0 Å².